The standard InChI is InChI=1S/C28H24F3N3O4S/c29-28(30,31)25-8-7-19(17-33-25)21-15-20(9-12-32-21)27(10-11-27)16-23(35)22-5-3-13-34(22)39(36,37)26-14-18-4-1-2-6-24(18)38-26/h1-2,4,6-9,12,14-15,17,22H,3,5,10-11,13,16H2/t22-/m0/s1. The van der Waals surface area contributed by atoms with Crippen LogP contribution in [0.2, 0.25) is 0 Å². The van der Waals surface area contributed by atoms with Gasteiger partial charge in [-0.2, -0.15) is 17.5 Å². The Labute approximate surface area is 222 Å². The summed E-state index contributed by atoms with van der Waals surface area (Å²) in [6.07, 6.45) is 0.847. The summed E-state index contributed by atoms with van der Waals surface area (Å²) in [6, 6.07) is 13.6. The number of sulfonamides is 1. The van der Waals surface area contributed by atoms with E-state index >= 15 is 0 Å². The number of Topliss-reactive ketones (excluding diaryl/α,β-unsaturated/α-hetero) is 1. The van der Waals surface area contributed by atoms with Gasteiger partial charge in [-0.25, -0.2) is 8.42 Å². The third-order valence-electron chi connectivity index (χ3n) is 7.63. The van der Waals surface area contributed by atoms with Gasteiger partial charge in [0.15, 0.2) is 5.78 Å². The number of carbonyl (C=O) groups is 1. The molecule has 1 aliphatic carbocycles. The van der Waals surface area contributed by atoms with Gasteiger partial charge in [0.05, 0.1) is 11.7 Å². The second-order valence-electron chi connectivity index (χ2n) is 10.2. The molecule has 2 aliphatic rings. The number of nitrogens with zero attached hydrogens (tertiary/aromatic N) is 3. The number of halogens is 3. The van der Waals surface area contributed by atoms with Gasteiger partial charge in [-0.15, -0.1) is 0 Å². The van der Waals surface area contributed by atoms with Gasteiger partial charge in [-0.1, -0.05) is 18.2 Å². The molecule has 7 nitrogen and oxygen atoms in total. The average molecular weight is 556 g/mol. The maximum absolute atomic E-state index is 13.6. The second-order valence-corrected chi connectivity index (χ2v) is 12.0. The molecule has 1 saturated heterocycles. The van der Waals surface area contributed by atoms with E-state index < -0.39 is 33.4 Å². The monoisotopic (exact) mass is 555 g/mol. The molecule has 4 aromatic rings. The van der Waals surface area contributed by atoms with Crippen LogP contribution in [0.3, 0.4) is 0 Å². The van der Waals surface area contributed by atoms with Crippen LogP contribution >= 0.6 is 0 Å². The van der Waals surface area contributed by atoms with Crippen molar-refractivity contribution in [3.8, 4) is 11.3 Å². The molecule has 1 atom stereocenters. The highest BCUT2D eigenvalue weighted by molar-refractivity contribution is 7.89. The van der Waals surface area contributed by atoms with E-state index in [1.54, 1.807) is 42.6 Å². The summed E-state index contributed by atoms with van der Waals surface area (Å²) in [4.78, 5) is 21.4. The van der Waals surface area contributed by atoms with Gasteiger partial charge in [-0.05, 0) is 61.6 Å². The van der Waals surface area contributed by atoms with Gasteiger partial charge in [0, 0.05) is 47.8 Å². The molecule has 0 radical (unpaired) electrons. The number of pyridine rings is 2. The van der Waals surface area contributed by atoms with E-state index in [1.807, 2.05) is 0 Å². The van der Waals surface area contributed by atoms with Crippen molar-refractivity contribution in [2.24, 2.45) is 0 Å². The van der Waals surface area contributed by atoms with Gasteiger partial charge >= 0.3 is 6.18 Å². The molecular formula is C28H24F3N3O4S. The van der Waals surface area contributed by atoms with Crippen LogP contribution < -0.4 is 0 Å². The maximum atomic E-state index is 13.6. The van der Waals surface area contributed by atoms with Crippen molar-refractivity contribution in [1.29, 1.82) is 0 Å². The topological polar surface area (TPSA) is 93.4 Å². The van der Waals surface area contributed by atoms with E-state index in [0.29, 0.717) is 35.1 Å². The third-order valence-corrected chi connectivity index (χ3v) is 9.39. The summed E-state index contributed by atoms with van der Waals surface area (Å²) in [5.41, 5.74) is 0.779. The van der Waals surface area contributed by atoms with E-state index in [-0.39, 0.29) is 23.8 Å². The molecule has 202 valence electrons. The van der Waals surface area contributed by atoms with E-state index in [4.69, 9.17) is 4.42 Å². The average Bonchev–Trinajstić information content (AvgIpc) is 3.32. The van der Waals surface area contributed by atoms with Gasteiger partial charge < -0.3 is 4.42 Å². The number of para-hydroxylation sites is 1. The molecule has 1 aliphatic heterocycles. The smallest absolute Gasteiger partial charge is 0.433 e. The Kier molecular flexibility index (Phi) is 6.11. The van der Waals surface area contributed by atoms with E-state index in [2.05, 4.69) is 9.97 Å². The molecule has 6 rings (SSSR count). The number of hydrogen-bond donors (Lipinski definition) is 0. The highest BCUT2D eigenvalue weighted by Crippen LogP contribution is 2.52. The largest absolute Gasteiger partial charge is 0.443 e. The van der Waals surface area contributed by atoms with Gasteiger partial charge in [-0.3, -0.25) is 14.8 Å². The van der Waals surface area contributed by atoms with Crippen LogP contribution in [0.5, 0.6) is 0 Å². The van der Waals surface area contributed by atoms with Crippen LogP contribution in [-0.2, 0) is 26.4 Å². The minimum atomic E-state index is -4.53. The van der Waals surface area contributed by atoms with Crippen molar-refractivity contribution in [3.63, 3.8) is 0 Å². The number of ketones is 1. The quantitative estimate of drug-likeness (QED) is 0.288. The maximum Gasteiger partial charge on any atom is 0.433 e. The van der Waals surface area contributed by atoms with Crippen molar-refractivity contribution in [2.75, 3.05) is 6.54 Å². The lowest BCUT2D eigenvalue weighted by atomic mass is 9.88. The zero-order valence-electron chi connectivity index (χ0n) is 20.7. The molecule has 2 fully saturated rings. The van der Waals surface area contributed by atoms with Crippen molar-refractivity contribution < 1.29 is 30.8 Å². The van der Waals surface area contributed by atoms with Crippen molar-refractivity contribution in [3.05, 3.63) is 78.2 Å². The summed E-state index contributed by atoms with van der Waals surface area (Å²) in [6.45, 7) is 0.239. The van der Waals surface area contributed by atoms with Gasteiger partial charge in [0.25, 0.3) is 10.0 Å². The Bertz CT molecular complexity index is 1630. The summed E-state index contributed by atoms with van der Waals surface area (Å²) in [5.74, 6) is -0.153. The minimum Gasteiger partial charge on any atom is -0.443 e. The van der Waals surface area contributed by atoms with E-state index in [0.717, 1.165) is 30.7 Å². The van der Waals surface area contributed by atoms with Crippen LogP contribution in [0.1, 0.15) is 43.4 Å². The van der Waals surface area contributed by atoms with Crippen LogP contribution in [-0.4, -0.2) is 41.1 Å². The zero-order valence-corrected chi connectivity index (χ0v) is 21.5. The molecule has 0 spiro atoms. The first-order valence-corrected chi connectivity index (χ1v) is 14.0. The lowest BCUT2D eigenvalue weighted by Crippen LogP contribution is -2.41. The Morgan fingerprint density at radius 2 is 1.87 bits per heavy atom. The summed E-state index contributed by atoms with van der Waals surface area (Å²) >= 11 is 0. The third kappa shape index (κ3) is 4.74. The lowest BCUT2D eigenvalue weighted by molar-refractivity contribution is -0.141. The number of carbonyl (C=O) groups excluding carboxylic acids is 1. The molecule has 39 heavy (non-hydrogen) atoms. The molecule has 4 heterocycles. The SMILES string of the molecule is O=C(CC1(c2ccnc(-c3ccc(C(F)(F)F)nc3)c2)CC1)[C@@H]1CCCN1S(=O)(=O)c1cc2ccccc2o1. The highest BCUT2D eigenvalue weighted by atomic mass is 32.2. The first kappa shape index (κ1) is 25.7. The Hall–Kier alpha value is -3.57. The molecule has 1 saturated carbocycles. The number of fused-ring (bicyclic) bond motifs is 1. The fourth-order valence-corrected chi connectivity index (χ4v) is 6.98. The Morgan fingerprint density at radius 3 is 2.56 bits per heavy atom. The van der Waals surface area contributed by atoms with Crippen LogP contribution in [0.4, 0.5) is 13.2 Å². The minimum absolute atomic E-state index is 0.153. The molecular weight excluding hydrogens is 531 g/mol. The van der Waals surface area contributed by atoms with E-state index in [1.165, 1.54) is 16.4 Å². The Balaban J connectivity index is 1.22. The number of furan rings is 1. The van der Waals surface area contributed by atoms with Crippen LogP contribution in [0.25, 0.3) is 22.2 Å². The Morgan fingerprint density at radius 1 is 1.08 bits per heavy atom. The van der Waals surface area contributed by atoms with Crippen molar-refractivity contribution >= 4 is 26.8 Å². The molecule has 0 bridgehead atoms. The highest BCUT2D eigenvalue weighted by Gasteiger charge is 2.49. The van der Waals surface area contributed by atoms with Crippen molar-refractivity contribution in [1.82, 2.24) is 14.3 Å². The predicted molar refractivity (Wildman–Crippen MR) is 136 cm³/mol. The fourth-order valence-electron chi connectivity index (χ4n) is 5.35. The zero-order chi connectivity index (χ0) is 27.4. The molecule has 0 unspecified atom stereocenters. The normalized spacial score (nSPS) is 19.4. The van der Waals surface area contributed by atoms with Crippen molar-refractivity contribution in [2.45, 2.75) is 54.8 Å². The predicted octanol–water partition coefficient (Wildman–Crippen LogP) is 5.75. The molecule has 0 amide bonds. The number of rotatable bonds is 7. The summed E-state index contributed by atoms with van der Waals surface area (Å²) < 4.78 is 72.5. The fraction of sp³-hybridized carbons (Fsp3) is 0.321. The van der Waals surface area contributed by atoms with E-state index in [9.17, 15) is 26.4 Å². The summed E-state index contributed by atoms with van der Waals surface area (Å²) in [5, 5.41) is 0.500. The molecule has 3 aromatic heterocycles. The number of alkyl halides is 3. The van der Waals surface area contributed by atoms with Gasteiger partial charge in [0.2, 0.25) is 5.09 Å². The number of benzene rings is 1. The molecule has 1 aromatic carbocycles. The van der Waals surface area contributed by atoms with Crippen LogP contribution in [0, 0.1) is 0 Å². The summed E-state index contributed by atoms with van der Waals surface area (Å²) in [7, 11) is -4.00. The number of aromatic nitrogens is 2. The number of hydrogen-bond acceptors (Lipinski definition) is 6. The first-order chi connectivity index (χ1) is 18.6. The second kappa shape index (κ2) is 9.27. The lowest BCUT2D eigenvalue weighted by Gasteiger charge is -2.24. The molecule has 11 heteroatoms. The van der Waals surface area contributed by atoms with Gasteiger partial charge in [0.1, 0.15) is 11.3 Å². The van der Waals surface area contributed by atoms with Crippen LogP contribution in [0.15, 0.2) is 76.5 Å². The first-order valence-electron chi connectivity index (χ1n) is 12.6. The molecule has 0 N–H and O–H groups in total.